The van der Waals surface area contributed by atoms with Gasteiger partial charge in [-0.25, -0.2) is 4.99 Å². The molecule has 5 aromatic rings. The second-order valence-electron chi connectivity index (χ2n) is 9.55. The van der Waals surface area contributed by atoms with Crippen molar-refractivity contribution in [3.8, 4) is 17.2 Å². The summed E-state index contributed by atoms with van der Waals surface area (Å²) < 4.78 is 12.2. The third kappa shape index (κ3) is 5.68. The summed E-state index contributed by atoms with van der Waals surface area (Å²) in [7, 11) is 1.51. The van der Waals surface area contributed by atoms with Gasteiger partial charge in [0.15, 0.2) is 23.6 Å². The van der Waals surface area contributed by atoms with E-state index in [9.17, 15) is 5.11 Å². The van der Waals surface area contributed by atoms with Crippen molar-refractivity contribution in [2.24, 2.45) is 15.2 Å². The molecule has 0 aromatic heterocycles. The van der Waals surface area contributed by atoms with Crippen LogP contribution in [0.3, 0.4) is 0 Å². The van der Waals surface area contributed by atoms with Gasteiger partial charge in [0.1, 0.15) is 17.3 Å². The number of fused-ring (bicyclic) bond motifs is 1. The zero-order valence-corrected chi connectivity index (χ0v) is 23.5. The first-order valence-corrected chi connectivity index (χ1v) is 13.8. The molecule has 2 unspecified atom stereocenters. The van der Waals surface area contributed by atoms with Gasteiger partial charge in [0.2, 0.25) is 0 Å². The zero-order chi connectivity index (χ0) is 28.9. The van der Waals surface area contributed by atoms with E-state index in [2.05, 4.69) is 10.0 Å². The Hall–Kier alpha value is -5.14. The molecule has 8 heteroatoms. The molecule has 0 fully saturated rings. The number of azo groups is 1. The van der Waals surface area contributed by atoms with Crippen LogP contribution >= 0.6 is 11.6 Å². The largest absolute Gasteiger partial charge is 0.504 e. The lowest BCUT2D eigenvalue weighted by molar-refractivity contribution is 0.197. The zero-order valence-electron chi connectivity index (χ0n) is 22.7. The van der Waals surface area contributed by atoms with E-state index in [1.165, 1.54) is 7.11 Å². The van der Waals surface area contributed by atoms with Gasteiger partial charge in [-0.15, -0.1) is 0 Å². The molecule has 1 aliphatic heterocycles. The molecule has 6 rings (SSSR count). The maximum absolute atomic E-state index is 10.4. The Balaban J connectivity index is 1.61. The fraction of sp³-hybridized carbons (Fsp3) is 0.0882. The molecule has 208 valence electrons. The van der Waals surface area contributed by atoms with Gasteiger partial charge in [0.25, 0.3) is 0 Å². The van der Waals surface area contributed by atoms with Crippen LogP contribution < -0.4 is 14.4 Å². The number of hydrogen-bond acceptors (Lipinski definition) is 7. The highest BCUT2D eigenvalue weighted by molar-refractivity contribution is 6.30. The van der Waals surface area contributed by atoms with Crippen molar-refractivity contribution in [2.45, 2.75) is 12.1 Å². The smallest absolute Gasteiger partial charge is 0.170 e. The maximum atomic E-state index is 10.4. The first-order chi connectivity index (χ1) is 20.6. The fourth-order valence-electron chi connectivity index (χ4n) is 4.83. The van der Waals surface area contributed by atoms with E-state index in [-0.39, 0.29) is 5.75 Å². The van der Waals surface area contributed by atoms with Crippen LogP contribution in [0.2, 0.25) is 5.02 Å². The predicted octanol–water partition coefficient (Wildman–Crippen LogP) is 9.21. The number of rotatable bonds is 6. The van der Waals surface area contributed by atoms with Gasteiger partial charge in [0, 0.05) is 16.4 Å². The van der Waals surface area contributed by atoms with E-state index in [1.54, 1.807) is 30.3 Å². The number of aromatic hydroxyl groups is 1. The monoisotopic (exact) mass is 574 g/mol. The first kappa shape index (κ1) is 27.1. The molecule has 0 saturated heterocycles. The van der Waals surface area contributed by atoms with Gasteiger partial charge in [-0.1, -0.05) is 72.3 Å². The van der Waals surface area contributed by atoms with Crippen molar-refractivity contribution in [2.75, 3.05) is 12.0 Å². The maximum Gasteiger partial charge on any atom is 0.170 e. The van der Waals surface area contributed by atoms with E-state index in [4.69, 9.17) is 31.2 Å². The summed E-state index contributed by atoms with van der Waals surface area (Å²) in [5.74, 6) is 1.53. The Labute approximate surface area is 249 Å². The summed E-state index contributed by atoms with van der Waals surface area (Å²) in [6, 6.07) is 39.2. The molecule has 1 heterocycles. The van der Waals surface area contributed by atoms with Crippen LogP contribution in [-0.2, 0) is 0 Å². The van der Waals surface area contributed by atoms with Crippen LogP contribution in [0.4, 0.5) is 22.7 Å². The topological polar surface area (TPSA) is 79.0 Å². The van der Waals surface area contributed by atoms with E-state index in [1.807, 2.05) is 97.1 Å². The van der Waals surface area contributed by atoms with Gasteiger partial charge in [0.05, 0.1) is 12.8 Å². The Morgan fingerprint density at radius 3 is 2.19 bits per heavy atom. The quantitative estimate of drug-likeness (QED) is 0.205. The van der Waals surface area contributed by atoms with Gasteiger partial charge in [-0.05, 0) is 72.3 Å². The molecule has 1 N–H and O–H groups in total. The van der Waals surface area contributed by atoms with Crippen molar-refractivity contribution >= 4 is 40.2 Å². The van der Waals surface area contributed by atoms with Crippen LogP contribution in [0.15, 0.2) is 143 Å². The first-order valence-electron chi connectivity index (χ1n) is 13.4. The summed E-state index contributed by atoms with van der Waals surface area (Å²) in [6.45, 7) is 0. The Bertz CT molecular complexity index is 1710. The summed E-state index contributed by atoms with van der Waals surface area (Å²) in [5, 5.41) is 20.4. The van der Waals surface area contributed by atoms with Crippen molar-refractivity contribution in [3.05, 3.63) is 138 Å². The van der Waals surface area contributed by atoms with Crippen molar-refractivity contribution in [1.82, 2.24) is 0 Å². The molecule has 2 atom stereocenters. The second-order valence-corrected chi connectivity index (χ2v) is 9.99. The normalized spacial score (nSPS) is 16.2. The number of amidine groups is 1. The molecular weight excluding hydrogens is 548 g/mol. The number of anilines is 2. The summed E-state index contributed by atoms with van der Waals surface area (Å²) >= 11 is 6.27. The molecule has 0 spiro atoms. The van der Waals surface area contributed by atoms with Gasteiger partial charge in [-0.2, -0.15) is 10.2 Å². The Kier molecular flexibility index (Phi) is 7.83. The highest BCUT2D eigenvalue weighted by atomic mass is 35.5. The van der Waals surface area contributed by atoms with E-state index in [0.29, 0.717) is 33.7 Å². The molecule has 42 heavy (non-hydrogen) atoms. The number of nitrogens with zero attached hydrogens (tertiary/aromatic N) is 4. The standard InChI is InChI=1S/C34H27ClN4O3/c1-41-31-21-23(19-20-29(31)40)33-32(38-37-25-12-10-11-24(35)22-25)34(36-28-17-8-9-18-30(28)42-33)39(26-13-4-2-5-14-26)27-15-6-3-7-16-27/h2-22,32-33,40H,1H3. The van der Waals surface area contributed by atoms with E-state index >= 15 is 0 Å². The summed E-state index contributed by atoms with van der Waals surface area (Å²) in [5.41, 5.74) is 3.76. The average molecular weight is 575 g/mol. The minimum absolute atomic E-state index is 0.0245. The van der Waals surface area contributed by atoms with Crippen LogP contribution in [-0.4, -0.2) is 24.1 Å². The molecule has 1 aliphatic rings. The Morgan fingerprint density at radius 1 is 0.810 bits per heavy atom. The number of methoxy groups -OCH3 is 1. The molecule has 0 amide bonds. The molecule has 0 saturated carbocycles. The lowest BCUT2D eigenvalue weighted by Crippen LogP contribution is -2.39. The van der Waals surface area contributed by atoms with Crippen LogP contribution in [0.5, 0.6) is 17.2 Å². The number of benzene rings is 5. The van der Waals surface area contributed by atoms with Crippen molar-refractivity contribution in [3.63, 3.8) is 0 Å². The highest BCUT2D eigenvalue weighted by Gasteiger charge is 2.38. The molecule has 0 radical (unpaired) electrons. The number of ether oxygens (including phenoxy) is 2. The van der Waals surface area contributed by atoms with Crippen LogP contribution in [0.1, 0.15) is 11.7 Å². The molecular formula is C34H27ClN4O3. The fourth-order valence-corrected chi connectivity index (χ4v) is 5.01. The number of hydrogen-bond donors (Lipinski definition) is 1. The van der Waals surface area contributed by atoms with Crippen LogP contribution in [0.25, 0.3) is 0 Å². The minimum Gasteiger partial charge on any atom is -0.504 e. The third-order valence-corrected chi connectivity index (χ3v) is 7.04. The number of halogens is 1. The predicted molar refractivity (Wildman–Crippen MR) is 166 cm³/mol. The van der Waals surface area contributed by atoms with E-state index < -0.39 is 12.1 Å². The lowest BCUT2D eigenvalue weighted by atomic mass is 9.99. The SMILES string of the molecule is COc1cc(C2Oc3ccccc3N=C(N(c3ccccc3)c3ccccc3)C2N=Nc2cccc(Cl)c2)ccc1O. The number of aliphatic imine (C=N–C) groups is 1. The van der Waals surface area contributed by atoms with Crippen molar-refractivity contribution in [1.29, 1.82) is 0 Å². The van der Waals surface area contributed by atoms with Gasteiger partial charge >= 0.3 is 0 Å². The van der Waals surface area contributed by atoms with Gasteiger partial charge < -0.3 is 14.6 Å². The second kappa shape index (κ2) is 12.2. The third-order valence-electron chi connectivity index (χ3n) is 6.80. The van der Waals surface area contributed by atoms with Crippen molar-refractivity contribution < 1.29 is 14.6 Å². The highest BCUT2D eigenvalue weighted by Crippen LogP contribution is 2.42. The summed E-state index contributed by atoms with van der Waals surface area (Å²) in [6.07, 6.45) is -0.695. The van der Waals surface area contributed by atoms with E-state index in [0.717, 1.165) is 16.9 Å². The minimum atomic E-state index is -0.744. The Morgan fingerprint density at radius 2 is 1.50 bits per heavy atom. The molecule has 5 aromatic carbocycles. The average Bonchev–Trinajstić information content (AvgIpc) is 3.18. The number of phenols is 1. The molecule has 0 aliphatic carbocycles. The summed E-state index contributed by atoms with van der Waals surface area (Å²) in [4.78, 5) is 7.26. The van der Waals surface area contributed by atoms with Crippen LogP contribution in [0, 0.1) is 0 Å². The molecule has 0 bridgehead atoms. The van der Waals surface area contributed by atoms with Gasteiger partial charge in [-0.3, -0.25) is 4.90 Å². The molecule has 7 nitrogen and oxygen atoms in total. The lowest BCUT2D eigenvalue weighted by Gasteiger charge is -2.31. The number of para-hydroxylation sites is 4. The number of phenolic OH excluding ortho intramolecular Hbond substituents is 1.